The molecule has 4 aromatic carbocycles. The molecule has 2 heterocycles. The fourth-order valence-corrected chi connectivity index (χ4v) is 5.12. The van der Waals surface area contributed by atoms with E-state index in [1.165, 1.54) is 0 Å². The molecule has 9 nitrogen and oxygen atoms in total. The van der Waals surface area contributed by atoms with Crippen LogP contribution < -0.4 is 20.3 Å². The number of pyridine rings is 1. The SMILES string of the molecule is Cc1ccc(-n2nc(C(C)(C)C)cc2NC(=O)Nc2ccc(Oc3ccnc(C(=O)N(C)c4ccccc4)c3)c3ccccc23)cc1. The number of hydrogen-bond acceptors (Lipinski definition) is 5. The Kier molecular flexibility index (Phi) is 8.46. The number of fused-ring (bicyclic) bond motifs is 1. The van der Waals surface area contributed by atoms with E-state index in [4.69, 9.17) is 9.84 Å². The van der Waals surface area contributed by atoms with E-state index in [-0.39, 0.29) is 17.0 Å². The molecule has 0 aliphatic rings. The van der Waals surface area contributed by atoms with E-state index >= 15 is 0 Å². The highest BCUT2D eigenvalue weighted by atomic mass is 16.5. The molecule has 0 radical (unpaired) electrons. The number of hydrogen-bond donors (Lipinski definition) is 2. The Morgan fingerprint density at radius 2 is 1.51 bits per heavy atom. The maximum atomic E-state index is 13.4. The second kappa shape index (κ2) is 12.8. The zero-order chi connectivity index (χ0) is 33.1. The third-order valence-corrected chi connectivity index (χ3v) is 7.76. The standard InChI is InChI=1S/C38H36N6O3/c1-25-15-17-27(18-16-25)44-35(24-34(42-44)38(2,3)4)41-37(46)40-31-19-20-33(30-14-10-9-13-29(30)31)47-28-21-22-39-32(23-28)36(45)43(5)26-11-7-6-8-12-26/h6-24H,1-5H3,(H2,40,41,46). The summed E-state index contributed by atoms with van der Waals surface area (Å²) in [6, 6.07) is 33.4. The number of benzene rings is 4. The van der Waals surface area contributed by atoms with Crippen LogP contribution in [-0.4, -0.2) is 33.8 Å². The monoisotopic (exact) mass is 624 g/mol. The minimum absolute atomic E-state index is 0.213. The number of rotatable bonds is 7. The van der Waals surface area contributed by atoms with E-state index in [0.29, 0.717) is 23.0 Å². The van der Waals surface area contributed by atoms with Crippen LogP contribution in [0.4, 0.5) is 22.0 Å². The van der Waals surface area contributed by atoms with Crippen LogP contribution in [-0.2, 0) is 5.41 Å². The molecule has 0 fully saturated rings. The summed E-state index contributed by atoms with van der Waals surface area (Å²) in [6.45, 7) is 8.29. The quantitative estimate of drug-likeness (QED) is 0.185. The molecule has 2 aromatic heterocycles. The molecule has 0 saturated carbocycles. The minimum Gasteiger partial charge on any atom is -0.457 e. The van der Waals surface area contributed by atoms with Crippen molar-refractivity contribution in [2.45, 2.75) is 33.1 Å². The van der Waals surface area contributed by atoms with Crippen molar-refractivity contribution in [2.75, 3.05) is 22.6 Å². The Balaban J connectivity index is 1.23. The van der Waals surface area contributed by atoms with Crippen molar-refractivity contribution < 1.29 is 14.3 Å². The summed E-state index contributed by atoms with van der Waals surface area (Å²) in [6.07, 6.45) is 1.55. The van der Waals surface area contributed by atoms with E-state index in [0.717, 1.165) is 33.4 Å². The van der Waals surface area contributed by atoms with Crippen molar-refractivity contribution in [3.63, 3.8) is 0 Å². The van der Waals surface area contributed by atoms with Crippen LogP contribution >= 0.6 is 0 Å². The van der Waals surface area contributed by atoms with Crippen LogP contribution in [0.2, 0.25) is 0 Å². The van der Waals surface area contributed by atoms with Gasteiger partial charge in [-0.05, 0) is 49.4 Å². The lowest BCUT2D eigenvalue weighted by atomic mass is 9.92. The van der Waals surface area contributed by atoms with Gasteiger partial charge in [-0.3, -0.25) is 15.1 Å². The third-order valence-electron chi connectivity index (χ3n) is 7.76. The molecule has 0 spiro atoms. The number of nitrogens with zero attached hydrogens (tertiary/aromatic N) is 4. The summed E-state index contributed by atoms with van der Waals surface area (Å²) in [5.74, 6) is 1.34. The van der Waals surface area contributed by atoms with E-state index in [1.807, 2.05) is 91.9 Å². The number of para-hydroxylation sites is 1. The molecule has 6 rings (SSSR count). The zero-order valence-electron chi connectivity index (χ0n) is 27.0. The number of carbonyl (C=O) groups is 2. The van der Waals surface area contributed by atoms with Gasteiger partial charge in [-0.2, -0.15) is 5.10 Å². The smallest absolute Gasteiger partial charge is 0.324 e. The summed E-state index contributed by atoms with van der Waals surface area (Å²) in [7, 11) is 1.71. The number of ether oxygens (including phenoxy) is 1. The number of anilines is 3. The molecule has 9 heteroatoms. The molecule has 3 amide bonds. The number of urea groups is 1. The van der Waals surface area contributed by atoms with Crippen LogP contribution in [0.1, 0.15) is 42.5 Å². The Labute approximate surface area is 273 Å². The van der Waals surface area contributed by atoms with Crippen molar-refractivity contribution in [1.29, 1.82) is 0 Å². The van der Waals surface area contributed by atoms with Crippen molar-refractivity contribution in [2.24, 2.45) is 0 Å². The zero-order valence-corrected chi connectivity index (χ0v) is 27.0. The Morgan fingerprint density at radius 1 is 0.809 bits per heavy atom. The summed E-state index contributed by atoms with van der Waals surface area (Å²) < 4.78 is 8.03. The molecule has 0 aliphatic heterocycles. The molecular weight excluding hydrogens is 588 g/mol. The van der Waals surface area contributed by atoms with Gasteiger partial charge in [0.1, 0.15) is 23.0 Å². The predicted molar refractivity (Wildman–Crippen MR) is 187 cm³/mol. The van der Waals surface area contributed by atoms with Crippen molar-refractivity contribution in [3.8, 4) is 17.2 Å². The van der Waals surface area contributed by atoms with E-state index in [1.54, 1.807) is 47.1 Å². The van der Waals surface area contributed by atoms with Crippen molar-refractivity contribution >= 4 is 39.9 Å². The van der Waals surface area contributed by atoms with Gasteiger partial charge >= 0.3 is 6.03 Å². The Morgan fingerprint density at radius 3 is 2.23 bits per heavy atom. The lowest BCUT2D eigenvalue weighted by molar-refractivity contribution is 0.0988. The number of amides is 3. The topological polar surface area (TPSA) is 101 Å². The average molecular weight is 625 g/mol. The maximum Gasteiger partial charge on any atom is 0.324 e. The summed E-state index contributed by atoms with van der Waals surface area (Å²) in [5.41, 5.74) is 4.25. The molecule has 6 aromatic rings. The summed E-state index contributed by atoms with van der Waals surface area (Å²) >= 11 is 0. The van der Waals surface area contributed by atoms with Gasteiger partial charge in [0.15, 0.2) is 0 Å². The molecule has 2 N–H and O–H groups in total. The fraction of sp³-hybridized carbons (Fsp3) is 0.158. The first-order valence-corrected chi connectivity index (χ1v) is 15.3. The normalized spacial score (nSPS) is 11.3. The van der Waals surface area contributed by atoms with Gasteiger partial charge in [-0.15, -0.1) is 0 Å². The maximum absolute atomic E-state index is 13.4. The summed E-state index contributed by atoms with van der Waals surface area (Å²) in [4.78, 5) is 32.4. The fourth-order valence-electron chi connectivity index (χ4n) is 5.12. The largest absolute Gasteiger partial charge is 0.457 e. The molecule has 47 heavy (non-hydrogen) atoms. The van der Waals surface area contributed by atoms with Crippen molar-refractivity contribution in [1.82, 2.24) is 14.8 Å². The highest BCUT2D eigenvalue weighted by Crippen LogP contribution is 2.35. The van der Waals surface area contributed by atoms with Crippen molar-refractivity contribution in [3.05, 3.63) is 132 Å². The lowest BCUT2D eigenvalue weighted by Gasteiger charge is -2.17. The average Bonchev–Trinajstić information content (AvgIpc) is 3.50. The molecule has 0 saturated heterocycles. The highest BCUT2D eigenvalue weighted by molar-refractivity contribution is 6.07. The van der Waals surface area contributed by atoms with E-state index in [9.17, 15) is 9.59 Å². The van der Waals surface area contributed by atoms with Crippen LogP contribution in [0.25, 0.3) is 16.5 Å². The highest BCUT2D eigenvalue weighted by Gasteiger charge is 2.22. The van der Waals surface area contributed by atoms with Gasteiger partial charge in [-0.1, -0.05) is 80.9 Å². The van der Waals surface area contributed by atoms with Gasteiger partial charge < -0.3 is 15.0 Å². The number of nitrogens with one attached hydrogen (secondary N) is 2. The molecule has 0 atom stereocenters. The van der Waals surface area contributed by atoms with E-state index in [2.05, 4.69) is 36.4 Å². The van der Waals surface area contributed by atoms with Gasteiger partial charge in [0.25, 0.3) is 5.91 Å². The van der Waals surface area contributed by atoms with Gasteiger partial charge in [0.05, 0.1) is 17.1 Å². The number of aryl methyl sites for hydroxylation is 1. The van der Waals surface area contributed by atoms with Gasteiger partial charge in [0.2, 0.25) is 0 Å². The molecule has 236 valence electrons. The minimum atomic E-state index is -0.405. The van der Waals surface area contributed by atoms with Gasteiger partial charge in [-0.25, -0.2) is 9.48 Å². The van der Waals surface area contributed by atoms with Crippen LogP contribution in [0.3, 0.4) is 0 Å². The van der Waals surface area contributed by atoms with Gasteiger partial charge in [0, 0.05) is 47.3 Å². The summed E-state index contributed by atoms with van der Waals surface area (Å²) in [5, 5.41) is 12.4. The molecule has 0 aliphatic carbocycles. The van der Waals surface area contributed by atoms with Crippen LogP contribution in [0.15, 0.2) is 115 Å². The van der Waals surface area contributed by atoms with Crippen LogP contribution in [0, 0.1) is 6.92 Å². The number of carbonyl (C=O) groups excluding carboxylic acids is 2. The van der Waals surface area contributed by atoms with Crippen LogP contribution in [0.5, 0.6) is 11.5 Å². The Hall–Kier alpha value is -5.96. The third kappa shape index (κ3) is 6.84. The Bertz CT molecular complexity index is 2060. The first-order chi connectivity index (χ1) is 22.6. The molecule has 0 bridgehead atoms. The molecular formula is C38H36N6O3. The van der Waals surface area contributed by atoms with E-state index < -0.39 is 6.03 Å². The number of aromatic nitrogens is 3. The first kappa shape index (κ1) is 31.0. The second-order valence-electron chi connectivity index (χ2n) is 12.3. The first-order valence-electron chi connectivity index (χ1n) is 15.3. The molecule has 0 unspecified atom stereocenters. The predicted octanol–water partition coefficient (Wildman–Crippen LogP) is 8.74. The lowest BCUT2D eigenvalue weighted by Crippen LogP contribution is -2.26. The second-order valence-corrected chi connectivity index (χ2v) is 12.3.